The second-order valence-corrected chi connectivity index (χ2v) is 6.56. The molecule has 1 fully saturated rings. The predicted molar refractivity (Wildman–Crippen MR) is 82.9 cm³/mol. The molecule has 1 aliphatic heterocycles. The van der Waals surface area contributed by atoms with Crippen LogP contribution in [0, 0.1) is 0 Å². The molecule has 22 heavy (non-hydrogen) atoms. The van der Waals surface area contributed by atoms with Gasteiger partial charge < -0.3 is 14.4 Å². The number of likely N-dealkylation sites (tertiary alicyclic amines) is 1. The molecule has 122 valence electrons. The average molecular weight is 309 g/mol. The van der Waals surface area contributed by atoms with Crippen molar-refractivity contribution in [3.8, 4) is 5.75 Å². The van der Waals surface area contributed by atoms with Crippen LogP contribution in [0.3, 0.4) is 0 Å². The molecule has 1 heterocycles. The summed E-state index contributed by atoms with van der Waals surface area (Å²) in [7, 11) is 1.59. The van der Waals surface area contributed by atoms with Gasteiger partial charge in [0.25, 0.3) is 0 Å². The molecule has 2 rings (SSSR count). The zero-order valence-corrected chi connectivity index (χ0v) is 13.6. The van der Waals surface area contributed by atoms with Crippen molar-refractivity contribution in [1.29, 1.82) is 0 Å². The summed E-state index contributed by atoms with van der Waals surface area (Å²) in [5.74, 6) is 0.714. The molecule has 1 aromatic rings. The summed E-state index contributed by atoms with van der Waals surface area (Å²) in [4.78, 5) is 13.8. The van der Waals surface area contributed by atoms with Crippen LogP contribution < -0.4 is 4.74 Å². The highest BCUT2D eigenvalue weighted by Crippen LogP contribution is 2.29. The number of carbonyl (C=O) groups excluding carboxylic acids is 1. The van der Waals surface area contributed by atoms with E-state index in [0.717, 1.165) is 5.56 Å². The standard InChI is InChI=1S/C17H24FNO3/c1-17(2,3)22-16(20)19-10-9-13(18)14(19)11-12-7-5-6-8-15(12)21-4/h5-8,13-14H,9-11H2,1-4H3/t13-,14-/m0/s1. The first-order valence-corrected chi connectivity index (χ1v) is 7.57. The normalized spacial score (nSPS) is 21.8. The second kappa shape index (κ2) is 6.55. The topological polar surface area (TPSA) is 38.8 Å². The molecule has 0 spiro atoms. The van der Waals surface area contributed by atoms with Gasteiger partial charge in [-0.2, -0.15) is 0 Å². The third-order valence-corrected chi connectivity index (χ3v) is 3.71. The van der Waals surface area contributed by atoms with Gasteiger partial charge in [-0.1, -0.05) is 18.2 Å². The van der Waals surface area contributed by atoms with E-state index in [-0.39, 0.29) is 0 Å². The third-order valence-electron chi connectivity index (χ3n) is 3.71. The van der Waals surface area contributed by atoms with Crippen LogP contribution in [0.1, 0.15) is 32.8 Å². The molecule has 1 aromatic carbocycles. The highest BCUT2D eigenvalue weighted by atomic mass is 19.1. The van der Waals surface area contributed by atoms with Crippen LogP contribution in [0.15, 0.2) is 24.3 Å². The van der Waals surface area contributed by atoms with Crippen LogP contribution in [0.25, 0.3) is 0 Å². The highest BCUT2D eigenvalue weighted by molar-refractivity contribution is 5.69. The van der Waals surface area contributed by atoms with Crippen molar-refractivity contribution in [1.82, 2.24) is 4.90 Å². The molecule has 5 heteroatoms. The van der Waals surface area contributed by atoms with E-state index in [1.807, 2.05) is 45.0 Å². The van der Waals surface area contributed by atoms with Gasteiger partial charge in [0, 0.05) is 6.54 Å². The second-order valence-electron chi connectivity index (χ2n) is 6.56. The lowest BCUT2D eigenvalue weighted by molar-refractivity contribution is 0.0196. The maximum atomic E-state index is 14.3. The van der Waals surface area contributed by atoms with Crippen molar-refractivity contribution in [2.75, 3.05) is 13.7 Å². The number of ether oxygens (including phenoxy) is 2. The van der Waals surface area contributed by atoms with Crippen LogP contribution in [0.2, 0.25) is 0 Å². The number of hydrogen-bond acceptors (Lipinski definition) is 3. The Kier molecular flexibility index (Phi) is 4.94. The molecule has 0 bridgehead atoms. The number of amides is 1. The largest absolute Gasteiger partial charge is 0.496 e. The number of para-hydroxylation sites is 1. The average Bonchev–Trinajstić information content (AvgIpc) is 2.79. The number of benzene rings is 1. The van der Waals surface area contributed by atoms with Crippen molar-refractivity contribution in [2.45, 2.75) is 51.4 Å². The zero-order chi connectivity index (χ0) is 16.3. The third kappa shape index (κ3) is 3.90. The molecule has 0 aromatic heterocycles. The van der Waals surface area contributed by atoms with Crippen LogP contribution in [0.5, 0.6) is 5.75 Å². The first-order valence-electron chi connectivity index (χ1n) is 7.57. The Morgan fingerprint density at radius 1 is 1.36 bits per heavy atom. The molecule has 0 saturated carbocycles. The van der Waals surface area contributed by atoms with E-state index in [9.17, 15) is 9.18 Å². The van der Waals surface area contributed by atoms with Gasteiger partial charge in [0.15, 0.2) is 0 Å². The summed E-state index contributed by atoms with van der Waals surface area (Å²) in [6.45, 7) is 5.81. The van der Waals surface area contributed by atoms with Crippen molar-refractivity contribution >= 4 is 6.09 Å². The van der Waals surface area contributed by atoms with Crippen molar-refractivity contribution < 1.29 is 18.7 Å². The van der Waals surface area contributed by atoms with E-state index in [4.69, 9.17) is 9.47 Å². The van der Waals surface area contributed by atoms with E-state index in [1.54, 1.807) is 7.11 Å². The molecular weight excluding hydrogens is 285 g/mol. The number of hydrogen-bond donors (Lipinski definition) is 0. The number of carbonyl (C=O) groups is 1. The maximum Gasteiger partial charge on any atom is 0.410 e. The van der Waals surface area contributed by atoms with Gasteiger partial charge in [0.05, 0.1) is 13.2 Å². The highest BCUT2D eigenvalue weighted by Gasteiger charge is 2.39. The predicted octanol–water partition coefficient (Wildman–Crippen LogP) is 3.59. The first-order chi connectivity index (χ1) is 10.3. The van der Waals surface area contributed by atoms with E-state index < -0.39 is 23.9 Å². The SMILES string of the molecule is COc1ccccc1C[C@H]1[C@@H](F)CCN1C(=O)OC(C)(C)C. The molecule has 0 aliphatic carbocycles. The van der Waals surface area contributed by atoms with Crippen LogP contribution in [0.4, 0.5) is 9.18 Å². The van der Waals surface area contributed by atoms with E-state index in [0.29, 0.717) is 25.1 Å². The minimum atomic E-state index is -1.04. The van der Waals surface area contributed by atoms with Gasteiger partial charge in [0.1, 0.15) is 17.5 Å². The lowest BCUT2D eigenvalue weighted by atomic mass is 10.0. The number of nitrogens with zero attached hydrogens (tertiary/aromatic N) is 1. The Morgan fingerprint density at radius 2 is 2.05 bits per heavy atom. The Balaban J connectivity index is 2.14. The number of methoxy groups -OCH3 is 1. The Bertz CT molecular complexity index is 527. The molecule has 0 radical (unpaired) electrons. The molecule has 0 N–H and O–H groups in total. The quantitative estimate of drug-likeness (QED) is 0.856. The molecule has 0 unspecified atom stereocenters. The van der Waals surface area contributed by atoms with Gasteiger partial charge in [-0.05, 0) is 45.2 Å². The molecule has 4 nitrogen and oxygen atoms in total. The Hall–Kier alpha value is -1.78. The summed E-state index contributed by atoms with van der Waals surface area (Å²) in [5.41, 5.74) is 0.314. The van der Waals surface area contributed by atoms with Gasteiger partial charge in [0.2, 0.25) is 0 Å². The lowest BCUT2D eigenvalue weighted by Gasteiger charge is -2.29. The molecule has 1 saturated heterocycles. The Labute approximate surface area is 131 Å². The van der Waals surface area contributed by atoms with Gasteiger partial charge >= 0.3 is 6.09 Å². The molecule has 1 aliphatic rings. The molecule has 2 atom stereocenters. The van der Waals surface area contributed by atoms with Gasteiger partial charge in [-0.3, -0.25) is 0 Å². The Morgan fingerprint density at radius 3 is 2.68 bits per heavy atom. The summed E-state index contributed by atoms with van der Waals surface area (Å²) < 4.78 is 25.0. The number of rotatable bonds is 3. The summed E-state index contributed by atoms with van der Waals surface area (Å²) in [6, 6.07) is 6.99. The fourth-order valence-electron chi connectivity index (χ4n) is 2.70. The van der Waals surface area contributed by atoms with Crippen LogP contribution in [-0.2, 0) is 11.2 Å². The van der Waals surface area contributed by atoms with Crippen molar-refractivity contribution in [2.24, 2.45) is 0 Å². The fourth-order valence-corrected chi connectivity index (χ4v) is 2.70. The van der Waals surface area contributed by atoms with Crippen molar-refractivity contribution in [3.05, 3.63) is 29.8 Å². The summed E-state index contributed by atoms with van der Waals surface area (Å²) in [6.07, 6.45) is -0.728. The van der Waals surface area contributed by atoms with E-state index in [1.165, 1.54) is 4.90 Å². The maximum absolute atomic E-state index is 14.3. The molecular formula is C17H24FNO3. The summed E-state index contributed by atoms with van der Waals surface area (Å²) >= 11 is 0. The first kappa shape index (κ1) is 16.6. The van der Waals surface area contributed by atoms with Crippen LogP contribution >= 0.6 is 0 Å². The zero-order valence-electron chi connectivity index (χ0n) is 13.6. The minimum Gasteiger partial charge on any atom is -0.496 e. The smallest absolute Gasteiger partial charge is 0.410 e. The lowest BCUT2D eigenvalue weighted by Crippen LogP contribution is -2.43. The van der Waals surface area contributed by atoms with Crippen molar-refractivity contribution in [3.63, 3.8) is 0 Å². The van der Waals surface area contributed by atoms with Gasteiger partial charge in [-0.25, -0.2) is 9.18 Å². The van der Waals surface area contributed by atoms with E-state index >= 15 is 0 Å². The number of alkyl halides is 1. The fraction of sp³-hybridized carbons (Fsp3) is 0.588. The van der Waals surface area contributed by atoms with Crippen LogP contribution in [-0.4, -0.2) is 42.5 Å². The number of halogens is 1. The minimum absolute atomic E-state index is 0.346. The van der Waals surface area contributed by atoms with Gasteiger partial charge in [-0.15, -0.1) is 0 Å². The monoisotopic (exact) mass is 309 g/mol. The molecule has 1 amide bonds. The van der Waals surface area contributed by atoms with E-state index in [2.05, 4.69) is 0 Å². The summed E-state index contributed by atoms with van der Waals surface area (Å²) in [5, 5.41) is 0.